The standard InChI is InChI=1S/C12H11FN4OS/c13-9-3-2-8(14)6-10(9)17-11(18)7-19-12-15-4-1-5-16-12/h1-6H,7,14H2,(H,17,18). The minimum atomic E-state index is -0.525. The van der Waals surface area contributed by atoms with Crippen LogP contribution in [0.4, 0.5) is 15.8 Å². The lowest BCUT2D eigenvalue weighted by Crippen LogP contribution is -2.15. The summed E-state index contributed by atoms with van der Waals surface area (Å²) < 4.78 is 13.4. The maximum atomic E-state index is 13.4. The topological polar surface area (TPSA) is 80.9 Å². The summed E-state index contributed by atoms with van der Waals surface area (Å²) in [6.07, 6.45) is 3.18. The van der Waals surface area contributed by atoms with Crippen molar-refractivity contribution in [2.45, 2.75) is 5.16 Å². The van der Waals surface area contributed by atoms with Gasteiger partial charge in [0.1, 0.15) is 5.82 Å². The zero-order valence-electron chi connectivity index (χ0n) is 9.84. The molecule has 0 radical (unpaired) electrons. The van der Waals surface area contributed by atoms with E-state index >= 15 is 0 Å². The van der Waals surface area contributed by atoms with Crippen molar-refractivity contribution in [1.82, 2.24) is 9.97 Å². The largest absolute Gasteiger partial charge is 0.399 e. The number of nitrogen functional groups attached to an aromatic ring is 1. The van der Waals surface area contributed by atoms with Gasteiger partial charge >= 0.3 is 0 Å². The molecule has 1 aromatic heterocycles. The van der Waals surface area contributed by atoms with Crippen molar-refractivity contribution in [3.05, 3.63) is 42.5 Å². The smallest absolute Gasteiger partial charge is 0.234 e. The Bertz CT molecular complexity index is 579. The number of halogens is 1. The van der Waals surface area contributed by atoms with Crippen LogP contribution in [0.15, 0.2) is 41.8 Å². The molecule has 0 bridgehead atoms. The summed E-state index contributed by atoms with van der Waals surface area (Å²) in [5.41, 5.74) is 5.98. The number of hydrogen-bond donors (Lipinski definition) is 2. The van der Waals surface area contributed by atoms with Crippen LogP contribution in [0.2, 0.25) is 0 Å². The molecule has 0 aliphatic rings. The highest BCUT2D eigenvalue weighted by Crippen LogP contribution is 2.18. The normalized spacial score (nSPS) is 10.2. The Balaban J connectivity index is 1.93. The van der Waals surface area contributed by atoms with E-state index in [1.54, 1.807) is 18.5 Å². The Morgan fingerprint density at radius 1 is 1.37 bits per heavy atom. The van der Waals surface area contributed by atoms with Gasteiger partial charge in [-0.1, -0.05) is 11.8 Å². The number of nitrogens with two attached hydrogens (primary N) is 1. The molecule has 0 unspecified atom stereocenters. The molecule has 19 heavy (non-hydrogen) atoms. The van der Waals surface area contributed by atoms with Crippen LogP contribution in [0, 0.1) is 5.82 Å². The van der Waals surface area contributed by atoms with E-state index in [0.717, 1.165) is 0 Å². The number of amides is 1. The molecule has 7 heteroatoms. The monoisotopic (exact) mass is 278 g/mol. The van der Waals surface area contributed by atoms with Crippen molar-refractivity contribution < 1.29 is 9.18 Å². The van der Waals surface area contributed by atoms with Gasteiger partial charge in [-0.15, -0.1) is 0 Å². The lowest BCUT2D eigenvalue weighted by Gasteiger charge is -2.06. The molecule has 1 aromatic carbocycles. The van der Waals surface area contributed by atoms with Gasteiger partial charge in [0.05, 0.1) is 11.4 Å². The van der Waals surface area contributed by atoms with Crippen molar-refractivity contribution >= 4 is 29.0 Å². The van der Waals surface area contributed by atoms with Crippen LogP contribution in [0.3, 0.4) is 0 Å². The SMILES string of the molecule is Nc1ccc(F)c(NC(=O)CSc2ncccn2)c1. The number of rotatable bonds is 4. The van der Waals surface area contributed by atoms with E-state index in [2.05, 4.69) is 15.3 Å². The molecule has 0 aliphatic heterocycles. The predicted molar refractivity (Wildman–Crippen MR) is 72.2 cm³/mol. The van der Waals surface area contributed by atoms with Crippen molar-refractivity contribution in [2.24, 2.45) is 0 Å². The Labute approximate surface area is 113 Å². The Morgan fingerprint density at radius 3 is 2.84 bits per heavy atom. The molecule has 0 aliphatic carbocycles. The molecule has 2 rings (SSSR count). The molecule has 5 nitrogen and oxygen atoms in total. The molecular formula is C12H11FN4OS. The molecule has 1 amide bonds. The third kappa shape index (κ3) is 3.92. The number of nitrogens with one attached hydrogen (secondary N) is 1. The second-order valence-electron chi connectivity index (χ2n) is 3.61. The van der Waals surface area contributed by atoms with Crippen molar-refractivity contribution in [2.75, 3.05) is 16.8 Å². The molecule has 0 saturated heterocycles. The number of benzene rings is 1. The zero-order valence-corrected chi connectivity index (χ0v) is 10.7. The molecule has 0 atom stereocenters. The number of nitrogens with zero attached hydrogens (tertiary/aromatic N) is 2. The second-order valence-corrected chi connectivity index (χ2v) is 4.55. The molecule has 0 saturated carbocycles. The summed E-state index contributed by atoms with van der Waals surface area (Å²) in [5.74, 6) is -0.774. The quantitative estimate of drug-likeness (QED) is 0.507. The van der Waals surface area contributed by atoms with E-state index < -0.39 is 5.82 Å². The van der Waals surface area contributed by atoms with E-state index in [1.807, 2.05) is 0 Å². The van der Waals surface area contributed by atoms with Crippen LogP contribution in [0.1, 0.15) is 0 Å². The van der Waals surface area contributed by atoms with Gasteiger partial charge in [-0.2, -0.15) is 0 Å². The fourth-order valence-corrected chi connectivity index (χ4v) is 1.92. The zero-order chi connectivity index (χ0) is 13.7. The molecule has 2 aromatic rings. The first-order chi connectivity index (χ1) is 9.15. The number of aromatic nitrogens is 2. The van der Waals surface area contributed by atoms with E-state index in [4.69, 9.17) is 5.73 Å². The summed E-state index contributed by atoms with van der Waals surface area (Å²) >= 11 is 1.17. The number of thioether (sulfide) groups is 1. The molecule has 0 fully saturated rings. The van der Waals surface area contributed by atoms with Gasteiger partial charge in [-0.05, 0) is 24.3 Å². The third-order valence-corrected chi connectivity index (χ3v) is 3.01. The summed E-state index contributed by atoms with van der Waals surface area (Å²) in [6.45, 7) is 0. The average molecular weight is 278 g/mol. The Hall–Kier alpha value is -2.15. The van der Waals surface area contributed by atoms with Gasteiger partial charge in [-0.25, -0.2) is 14.4 Å². The van der Waals surface area contributed by atoms with E-state index in [-0.39, 0.29) is 17.3 Å². The van der Waals surface area contributed by atoms with Crippen LogP contribution in [-0.2, 0) is 4.79 Å². The lowest BCUT2D eigenvalue weighted by atomic mass is 10.2. The maximum Gasteiger partial charge on any atom is 0.234 e. The highest BCUT2D eigenvalue weighted by molar-refractivity contribution is 7.99. The number of carbonyl (C=O) groups is 1. The van der Waals surface area contributed by atoms with Crippen molar-refractivity contribution in [1.29, 1.82) is 0 Å². The first kappa shape index (κ1) is 13.3. The van der Waals surface area contributed by atoms with Crippen LogP contribution in [-0.4, -0.2) is 21.6 Å². The van der Waals surface area contributed by atoms with Gasteiger partial charge in [0, 0.05) is 18.1 Å². The number of hydrogen-bond acceptors (Lipinski definition) is 5. The van der Waals surface area contributed by atoms with Gasteiger partial charge in [0.25, 0.3) is 0 Å². The van der Waals surface area contributed by atoms with Gasteiger partial charge in [-0.3, -0.25) is 4.79 Å². The first-order valence-corrected chi connectivity index (χ1v) is 6.38. The average Bonchev–Trinajstić information content (AvgIpc) is 2.42. The van der Waals surface area contributed by atoms with Crippen LogP contribution in [0.5, 0.6) is 0 Å². The van der Waals surface area contributed by atoms with Gasteiger partial charge in [0.15, 0.2) is 5.16 Å². The molecule has 98 valence electrons. The first-order valence-electron chi connectivity index (χ1n) is 5.40. The minimum Gasteiger partial charge on any atom is -0.399 e. The summed E-state index contributed by atoms with van der Waals surface area (Å²) in [4.78, 5) is 19.6. The van der Waals surface area contributed by atoms with E-state index in [1.165, 1.54) is 30.0 Å². The van der Waals surface area contributed by atoms with E-state index in [0.29, 0.717) is 10.8 Å². The minimum absolute atomic E-state index is 0.0691. The molecular weight excluding hydrogens is 267 g/mol. The highest BCUT2D eigenvalue weighted by Gasteiger charge is 2.08. The highest BCUT2D eigenvalue weighted by atomic mass is 32.2. The van der Waals surface area contributed by atoms with E-state index in [9.17, 15) is 9.18 Å². The summed E-state index contributed by atoms with van der Waals surface area (Å²) in [7, 11) is 0. The van der Waals surface area contributed by atoms with Gasteiger partial charge < -0.3 is 11.1 Å². The molecule has 3 N–H and O–H groups in total. The van der Waals surface area contributed by atoms with Crippen LogP contribution in [0.25, 0.3) is 0 Å². The van der Waals surface area contributed by atoms with Crippen LogP contribution >= 0.6 is 11.8 Å². The summed E-state index contributed by atoms with van der Waals surface area (Å²) in [6, 6.07) is 5.69. The van der Waals surface area contributed by atoms with Crippen molar-refractivity contribution in [3.63, 3.8) is 0 Å². The summed E-state index contributed by atoms with van der Waals surface area (Å²) in [5, 5.41) is 2.94. The third-order valence-electron chi connectivity index (χ3n) is 2.14. The Morgan fingerprint density at radius 2 is 2.11 bits per heavy atom. The van der Waals surface area contributed by atoms with Gasteiger partial charge in [0.2, 0.25) is 5.91 Å². The molecule has 1 heterocycles. The second kappa shape index (κ2) is 6.14. The van der Waals surface area contributed by atoms with Crippen molar-refractivity contribution in [3.8, 4) is 0 Å². The Kier molecular flexibility index (Phi) is 4.30. The predicted octanol–water partition coefficient (Wildman–Crippen LogP) is 1.93. The number of carbonyl (C=O) groups excluding carboxylic acids is 1. The maximum absolute atomic E-state index is 13.4. The number of anilines is 2. The molecule has 0 spiro atoms. The van der Waals surface area contributed by atoms with Crippen LogP contribution < -0.4 is 11.1 Å². The fourth-order valence-electron chi connectivity index (χ4n) is 1.32. The fraction of sp³-hybridized carbons (Fsp3) is 0.0833. The lowest BCUT2D eigenvalue weighted by molar-refractivity contribution is -0.113.